The van der Waals surface area contributed by atoms with Crippen LogP contribution in [-0.2, 0) is 19.2 Å². The number of rotatable bonds is 7. The van der Waals surface area contributed by atoms with Crippen molar-refractivity contribution >= 4 is 52.1 Å². The Labute approximate surface area is 156 Å². The van der Waals surface area contributed by atoms with Gasteiger partial charge in [0.1, 0.15) is 36.2 Å². The number of carboxylic acids is 1. The molecule has 0 saturated carbocycles. The van der Waals surface area contributed by atoms with Crippen molar-refractivity contribution in [2.24, 2.45) is 5.16 Å². The molecule has 140 valence electrons. The lowest BCUT2D eigenvalue weighted by Crippen LogP contribution is -2.53. The fourth-order valence-corrected chi connectivity index (χ4v) is 3.79. The second-order valence-electron chi connectivity index (χ2n) is 5.17. The van der Waals surface area contributed by atoms with Crippen molar-refractivity contribution in [3.05, 3.63) is 22.3 Å². The van der Waals surface area contributed by atoms with Crippen LogP contribution < -0.4 is 16.4 Å². The largest absolute Gasteiger partial charge is 0.477 e. The number of hydrogen-bond donors (Lipinski definition) is 4. The van der Waals surface area contributed by atoms with E-state index in [1.165, 1.54) is 24.3 Å². The Bertz CT molecular complexity index is 776. The number of thiazole rings is 1. The number of nitrogens with one attached hydrogen (secondary N) is 2. The van der Waals surface area contributed by atoms with Crippen LogP contribution in [0.2, 0.25) is 0 Å². The first-order chi connectivity index (χ1) is 12.4. The third kappa shape index (κ3) is 4.52. The van der Waals surface area contributed by atoms with Gasteiger partial charge in [0.25, 0.3) is 5.91 Å². The molecule has 0 aromatic carbocycles. The molecule has 1 aromatic heterocycles. The van der Waals surface area contributed by atoms with E-state index in [0.29, 0.717) is 17.6 Å². The number of carbonyl (C=O) groups is 3. The second kappa shape index (κ2) is 8.67. The summed E-state index contributed by atoms with van der Waals surface area (Å²) >= 11 is 2.43. The summed E-state index contributed by atoms with van der Waals surface area (Å²) in [7, 11) is 1.27. The zero-order valence-electron chi connectivity index (χ0n) is 13.9. The van der Waals surface area contributed by atoms with Gasteiger partial charge in [-0.2, -0.15) is 0 Å². The normalized spacial score (nSPS) is 18.7. The zero-order valence-corrected chi connectivity index (χ0v) is 15.5. The Balaban J connectivity index is 2.16. The lowest BCUT2D eigenvalue weighted by atomic mass is 10.2. The van der Waals surface area contributed by atoms with Crippen LogP contribution in [0.5, 0.6) is 0 Å². The highest BCUT2D eigenvalue weighted by Gasteiger charge is 2.31. The van der Waals surface area contributed by atoms with Crippen molar-refractivity contribution < 1.29 is 24.3 Å². The monoisotopic (exact) mass is 399 g/mol. The highest BCUT2D eigenvalue weighted by atomic mass is 32.2. The molecule has 1 aliphatic heterocycles. The molecule has 1 amide bonds. The maximum atomic E-state index is 12.5. The molecule has 2 atom stereocenters. The van der Waals surface area contributed by atoms with Crippen molar-refractivity contribution in [1.29, 1.82) is 0 Å². The van der Waals surface area contributed by atoms with E-state index in [2.05, 4.69) is 25.6 Å². The first kappa shape index (κ1) is 19.7. The number of nitrogens with two attached hydrogens (primary N) is 1. The van der Waals surface area contributed by atoms with E-state index in [4.69, 9.17) is 5.73 Å². The molecule has 2 heterocycles. The lowest BCUT2D eigenvalue weighted by Gasteiger charge is -2.30. The van der Waals surface area contributed by atoms with Crippen LogP contribution in [0, 0.1) is 0 Å². The third-order valence-corrected chi connectivity index (χ3v) is 5.38. The van der Waals surface area contributed by atoms with Gasteiger partial charge in [-0.25, -0.2) is 9.78 Å². The molecule has 2 rings (SSSR count). The van der Waals surface area contributed by atoms with Crippen molar-refractivity contribution in [3.8, 4) is 0 Å². The number of aliphatic carboxylic acids is 1. The van der Waals surface area contributed by atoms with Gasteiger partial charge >= 0.3 is 5.97 Å². The van der Waals surface area contributed by atoms with Gasteiger partial charge in [0.2, 0.25) is 0 Å². The highest BCUT2D eigenvalue weighted by molar-refractivity contribution is 8.00. The van der Waals surface area contributed by atoms with Gasteiger partial charge in [0.05, 0.1) is 0 Å². The Morgan fingerprint density at radius 3 is 2.88 bits per heavy atom. The number of aldehydes is 1. The number of nitrogens with zero attached hydrogens (tertiary/aromatic N) is 2. The van der Waals surface area contributed by atoms with Crippen LogP contribution in [0.4, 0.5) is 5.13 Å². The van der Waals surface area contributed by atoms with Gasteiger partial charge in [-0.3, -0.25) is 4.79 Å². The molecule has 0 fully saturated rings. The lowest BCUT2D eigenvalue weighted by molar-refractivity contribution is -0.133. The van der Waals surface area contributed by atoms with E-state index < -0.39 is 23.3 Å². The highest BCUT2D eigenvalue weighted by Crippen LogP contribution is 2.24. The predicted octanol–water partition coefficient (Wildman–Crippen LogP) is -0.219. The number of nitrogen functional groups attached to an aromatic ring is 1. The molecule has 5 N–H and O–H groups in total. The number of thioether (sulfide) groups is 1. The molecule has 0 unspecified atom stereocenters. The number of carboxylic acid groups (broad SMARTS) is 1. The van der Waals surface area contributed by atoms with Crippen molar-refractivity contribution in [2.75, 3.05) is 18.6 Å². The number of anilines is 1. The summed E-state index contributed by atoms with van der Waals surface area (Å²) in [6, 6.07) is -0.993. The van der Waals surface area contributed by atoms with E-state index in [1.54, 1.807) is 6.92 Å². The third-order valence-electron chi connectivity index (χ3n) is 3.34. The molecule has 0 saturated heterocycles. The average molecular weight is 399 g/mol. The zero-order chi connectivity index (χ0) is 19.3. The van der Waals surface area contributed by atoms with Gasteiger partial charge in [0, 0.05) is 11.1 Å². The summed E-state index contributed by atoms with van der Waals surface area (Å²) in [6.07, 6.45) is 0.530. The standard InChI is InChI=1S/C14H17N5O5S2/c1-6-4-25-12(18-9(6)13(22)23)7(3-20)16-11(21)10(19-24-2)8-5-26-14(15)17-8/h3,5,7,12,18H,4H2,1-2H3,(H2,15,17)(H,16,21)(H,22,23)/b19-10-/t7-,12-/m1/s1. The summed E-state index contributed by atoms with van der Waals surface area (Å²) in [6.45, 7) is 1.68. The van der Waals surface area contributed by atoms with Crippen LogP contribution in [-0.4, -0.2) is 58.2 Å². The molecule has 0 aliphatic carbocycles. The van der Waals surface area contributed by atoms with Gasteiger partial charge in [-0.1, -0.05) is 5.16 Å². The Hall–Kier alpha value is -2.60. The van der Waals surface area contributed by atoms with Gasteiger partial charge < -0.3 is 31.1 Å². The molecule has 12 heteroatoms. The smallest absolute Gasteiger partial charge is 0.351 e. The molecular formula is C14H17N5O5S2. The Morgan fingerprint density at radius 2 is 2.35 bits per heavy atom. The molecule has 0 radical (unpaired) electrons. The van der Waals surface area contributed by atoms with E-state index in [1.807, 2.05) is 0 Å². The van der Waals surface area contributed by atoms with E-state index in [0.717, 1.165) is 11.3 Å². The minimum atomic E-state index is -1.12. The molecule has 26 heavy (non-hydrogen) atoms. The summed E-state index contributed by atoms with van der Waals surface area (Å²) in [5.41, 5.74) is 6.30. The van der Waals surface area contributed by atoms with Crippen LogP contribution in [0.3, 0.4) is 0 Å². The predicted molar refractivity (Wildman–Crippen MR) is 97.8 cm³/mol. The van der Waals surface area contributed by atoms with Crippen LogP contribution in [0.25, 0.3) is 0 Å². The topological polar surface area (TPSA) is 156 Å². The SMILES string of the molecule is CO/N=C(\C(=O)N[C@H](C=O)[C@@H]1NC(C(=O)O)=C(C)CS1)c1csc(N)n1. The maximum Gasteiger partial charge on any atom is 0.351 e. The van der Waals surface area contributed by atoms with Crippen LogP contribution in [0.15, 0.2) is 21.8 Å². The number of carbonyl (C=O) groups excluding carboxylic acids is 2. The average Bonchev–Trinajstić information content (AvgIpc) is 3.03. The molecule has 0 spiro atoms. The van der Waals surface area contributed by atoms with Gasteiger partial charge in [-0.15, -0.1) is 23.1 Å². The Morgan fingerprint density at radius 1 is 1.62 bits per heavy atom. The van der Waals surface area contributed by atoms with Crippen LogP contribution >= 0.6 is 23.1 Å². The fraction of sp³-hybridized carbons (Fsp3) is 0.357. The quantitative estimate of drug-likeness (QED) is 0.276. The van der Waals surface area contributed by atoms with Gasteiger partial charge in [-0.05, 0) is 12.5 Å². The number of aromatic nitrogens is 1. The molecular weight excluding hydrogens is 382 g/mol. The molecule has 0 bridgehead atoms. The number of amides is 1. The molecule has 10 nitrogen and oxygen atoms in total. The second-order valence-corrected chi connectivity index (χ2v) is 7.18. The number of hydrogen-bond acceptors (Lipinski definition) is 10. The summed E-state index contributed by atoms with van der Waals surface area (Å²) < 4.78 is 0. The van der Waals surface area contributed by atoms with Crippen molar-refractivity contribution in [2.45, 2.75) is 18.3 Å². The minimum absolute atomic E-state index is 0.0212. The van der Waals surface area contributed by atoms with Crippen LogP contribution in [0.1, 0.15) is 12.6 Å². The summed E-state index contributed by atoms with van der Waals surface area (Å²) in [4.78, 5) is 43.9. The van der Waals surface area contributed by atoms with E-state index in [-0.39, 0.29) is 22.2 Å². The molecule has 1 aromatic rings. The summed E-state index contributed by atoms with van der Waals surface area (Å²) in [5.74, 6) is -1.40. The first-order valence-corrected chi connectivity index (χ1v) is 9.20. The first-order valence-electron chi connectivity index (χ1n) is 7.27. The van der Waals surface area contributed by atoms with E-state index in [9.17, 15) is 19.5 Å². The molecule has 1 aliphatic rings. The summed E-state index contributed by atoms with van der Waals surface area (Å²) in [5, 5.41) is 19.3. The van der Waals surface area contributed by atoms with Gasteiger partial charge in [0.15, 0.2) is 10.8 Å². The number of oxime groups is 1. The van der Waals surface area contributed by atoms with Crippen molar-refractivity contribution in [1.82, 2.24) is 15.6 Å². The van der Waals surface area contributed by atoms with Crippen molar-refractivity contribution in [3.63, 3.8) is 0 Å². The van der Waals surface area contributed by atoms with E-state index >= 15 is 0 Å². The maximum absolute atomic E-state index is 12.5. The Kier molecular flexibility index (Phi) is 6.58. The minimum Gasteiger partial charge on any atom is -0.477 e. The fourth-order valence-electron chi connectivity index (χ4n) is 2.12.